The maximum Gasteiger partial charge on any atom is 0.224 e. The number of aromatic nitrogens is 2. The van der Waals surface area contributed by atoms with Crippen molar-refractivity contribution in [3.05, 3.63) is 41.6 Å². The van der Waals surface area contributed by atoms with Crippen LogP contribution >= 0.6 is 0 Å². The van der Waals surface area contributed by atoms with Crippen molar-refractivity contribution in [2.24, 2.45) is 0 Å². The highest BCUT2D eigenvalue weighted by Gasteiger charge is 2.12. The van der Waals surface area contributed by atoms with Crippen LogP contribution in [0.4, 0.5) is 17.5 Å². The van der Waals surface area contributed by atoms with Gasteiger partial charge in [-0.3, -0.25) is 4.79 Å². The van der Waals surface area contributed by atoms with Gasteiger partial charge in [0.15, 0.2) is 6.29 Å². The Balaban J connectivity index is 2.07. The van der Waals surface area contributed by atoms with Gasteiger partial charge in [-0.1, -0.05) is 12.1 Å². The minimum Gasteiger partial charge on any atom is -0.373 e. The lowest BCUT2D eigenvalue weighted by Gasteiger charge is -2.25. The lowest BCUT2D eigenvalue weighted by atomic mass is 10.2. The largest absolute Gasteiger partial charge is 0.373 e. The highest BCUT2D eigenvalue weighted by molar-refractivity contribution is 5.82. The zero-order valence-corrected chi connectivity index (χ0v) is 14.8. The predicted octanol–water partition coefficient (Wildman–Crippen LogP) is 2.60. The molecule has 2 rings (SSSR count). The molecule has 0 aliphatic carbocycles. The molecule has 0 aliphatic rings. The summed E-state index contributed by atoms with van der Waals surface area (Å²) in [4.78, 5) is 24.0. The van der Waals surface area contributed by atoms with Crippen LogP contribution < -0.4 is 15.1 Å². The van der Waals surface area contributed by atoms with Gasteiger partial charge in [-0.05, 0) is 31.5 Å². The van der Waals surface area contributed by atoms with E-state index in [1.165, 1.54) is 11.3 Å². The van der Waals surface area contributed by atoms with E-state index in [0.717, 1.165) is 25.9 Å². The molecule has 0 spiro atoms. The Hall–Kier alpha value is -2.63. The van der Waals surface area contributed by atoms with Crippen LogP contribution in [0.15, 0.2) is 30.5 Å². The Kier molecular flexibility index (Phi) is 6.12. The normalized spacial score (nSPS) is 10.3. The fourth-order valence-corrected chi connectivity index (χ4v) is 2.41. The molecule has 24 heavy (non-hydrogen) atoms. The lowest BCUT2D eigenvalue weighted by molar-refractivity contribution is 0.112. The summed E-state index contributed by atoms with van der Waals surface area (Å²) in [5.74, 6) is 1.19. The van der Waals surface area contributed by atoms with E-state index in [4.69, 9.17) is 0 Å². The molecule has 0 unspecified atom stereocenters. The number of likely N-dealkylation sites (N-methyl/N-ethyl adjacent to an activating group) is 2. The fourth-order valence-electron chi connectivity index (χ4n) is 2.41. The minimum atomic E-state index is 0.498. The summed E-state index contributed by atoms with van der Waals surface area (Å²) in [6.07, 6.45) is 2.36. The molecule has 1 heterocycles. The van der Waals surface area contributed by atoms with Crippen molar-refractivity contribution in [3.63, 3.8) is 0 Å². The van der Waals surface area contributed by atoms with Crippen LogP contribution in [0.25, 0.3) is 0 Å². The number of carbonyl (C=O) groups is 1. The van der Waals surface area contributed by atoms with Crippen LogP contribution in [0.5, 0.6) is 0 Å². The van der Waals surface area contributed by atoms with Crippen LogP contribution in [0, 0.1) is 6.92 Å². The van der Waals surface area contributed by atoms with E-state index in [0.29, 0.717) is 17.3 Å². The number of hydrogen-bond donors (Lipinski definition) is 1. The molecule has 0 bridgehead atoms. The molecule has 0 saturated heterocycles. The molecular formula is C18H25N5O. The number of aldehydes is 1. The first kappa shape index (κ1) is 17.7. The molecule has 1 N–H and O–H groups in total. The number of aryl methyl sites for hydroxylation is 1. The van der Waals surface area contributed by atoms with E-state index >= 15 is 0 Å². The molecule has 128 valence electrons. The van der Waals surface area contributed by atoms with Gasteiger partial charge in [0.2, 0.25) is 5.95 Å². The van der Waals surface area contributed by atoms with Crippen molar-refractivity contribution < 1.29 is 4.79 Å². The number of nitrogens with one attached hydrogen (secondary N) is 1. The monoisotopic (exact) mass is 327 g/mol. The molecule has 1 aromatic heterocycles. The van der Waals surface area contributed by atoms with E-state index < -0.39 is 0 Å². The first-order chi connectivity index (χ1) is 11.5. The van der Waals surface area contributed by atoms with Gasteiger partial charge in [-0.25, -0.2) is 4.98 Å². The van der Waals surface area contributed by atoms with Crippen LogP contribution in [0.1, 0.15) is 22.8 Å². The van der Waals surface area contributed by atoms with Crippen LogP contribution in [0.2, 0.25) is 0 Å². The third-order valence-electron chi connectivity index (χ3n) is 3.83. The third kappa shape index (κ3) is 4.44. The van der Waals surface area contributed by atoms with Gasteiger partial charge in [0.25, 0.3) is 0 Å². The topological polar surface area (TPSA) is 61.4 Å². The number of benzene rings is 1. The molecule has 0 saturated carbocycles. The van der Waals surface area contributed by atoms with Crippen molar-refractivity contribution in [3.8, 4) is 0 Å². The van der Waals surface area contributed by atoms with Crippen molar-refractivity contribution in [1.82, 2.24) is 9.97 Å². The first-order valence-corrected chi connectivity index (χ1v) is 8.10. The molecule has 0 radical (unpaired) electrons. The molecule has 6 heteroatoms. The van der Waals surface area contributed by atoms with E-state index in [9.17, 15) is 4.79 Å². The van der Waals surface area contributed by atoms with Gasteiger partial charge >= 0.3 is 0 Å². The highest BCUT2D eigenvalue weighted by Crippen LogP contribution is 2.17. The number of hydrogen-bond acceptors (Lipinski definition) is 6. The summed E-state index contributed by atoms with van der Waals surface area (Å²) in [5, 5.41) is 3.08. The second-order valence-electron chi connectivity index (χ2n) is 5.80. The van der Waals surface area contributed by atoms with Gasteiger partial charge in [0.1, 0.15) is 5.82 Å². The van der Waals surface area contributed by atoms with Crippen molar-refractivity contribution in [1.29, 1.82) is 0 Å². The maximum absolute atomic E-state index is 11.3. The smallest absolute Gasteiger partial charge is 0.224 e. The molecule has 2 aromatic rings. The summed E-state index contributed by atoms with van der Waals surface area (Å²) >= 11 is 0. The standard InChI is InChI=1S/C18H25N5O/c1-5-19-18-20-12-15(13-24)17(21-18)23(4)10-9-22(3)16-8-6-7-14(2)11-16/h6-8,11-13H,5,9-10H2,1-4H3,(H,19,20,21). The van der Waals surface area contributed by atoms with Crippen LogP contribution in [0.3, 0.4) is 0 Å². The van der Waals surface area contributed by atoms with Crippen molar-refractivity contribution >= 4 is 23.7 Å². The van der Waals surface area contributed by atoms with Crippen LogP contribution in [-0.2, 0) is 0 Å². The average molecular weight is 327 g/mol. The van der Waals surface area contributed by atoms with E-state index in [1.54, 1.807) is 6.20 Å². The fraction of sp³-hybridized carbons (Fsp3) is 0.389. The molecular weight excluding hydrogens is 302 g/mol. The first-order valence-electron chi connectivity index (χ1n) is 8.10. The maximum atomic E-state index is 11.3. The SMILES string of the molecule is CCNc1ncc(C=O)c(N(C)CCN(C)c2cccc(C)c2)n1. The molecule has 0 amide bonds. The van der Waals surface area contributed by atoms with Crippen molar-refractivity contribution in [2.45, 2.75) is 13.8 Å². The zero-order valence-electron chi connectivity index (χ0n) is 14.8. The third-order valence-corrected chi connectivity index (χ3v) is 3.83. The lowest BCUT2D eigenvalue weighted by Crippen LogP contribution is -2.32. The van der Waals surface area contributed by atoms with E-state index in [-0.39, 0.29) is 0 Å². The van der Waals surface area contributed by atoms with Gasteiger partial charge in [-0.15, -0.1) is 0 Å². The molecule has 0 aliphatic heterocycles. The Morgan fingerprint density at radius 3 is 2.62 bits per heavy atom. The number of carbonyl (C=O) groups excluding carboxylic acids is 1. The van der Waals surface area contributed by atoms with Gasteiger partial charge in [0.05, 0.1) is 5.56 Å². The Morgan fingerprint density at radius 2 is 1.96 bits per heavy atom. The van der Waals surface area contributed by atoms with Crippen molar-refractivity contribution in [2.75, 3.05) is 48.8 Å². The minimum absolute atomic E-state index is 0.498. The molecule has 0 atom stereocenters. The Bertz CT molecular complexity index is 689. The Morgan fingerprint density at radius 1 is 1.21 bits per heavy atom. The second kappa shape index (κ2) is 8.29. The molecule has 0 fully saturated rings. The van der Waals surface area contributed by atoms with E-state index in [1.807, 2.05) is 18.9 Å². The van der Waals surface area contributed by atoms with Gasteiger partial charge in [-0.2, -0.15) is 4.98 Å². The van der Waals surface area contributed by atoms with Gasteiger partial charge < -0.3 is 15.1 Å². The summed E-state index contributed by atoms with van der Waals surface area (Å²) in [7, 11) is 4.00. The summed E-state index contributed by atoms with van der Waals surface area (Å²) in [6.45, 7) is 6.37. The summed E-state index contributed by atoms with van der Waals surface area (Å²) in [5.41, 5.74) is 2.91. The quantitative estimate of drug-likeness (QED) is 0.752. The number of anilines is 3. The van der Waals surface area contributed by atoms with Crippen LogP contribution in [-0.4, -0.2) is 50.0 Å². The summed E-state index contributed by atoms with van der Waals surface area (Å²) in [6, 6.07) is 8.40. The van der Waals surface area contributed by atoms with Gasteiger partial charge in [0, 0.05) is 45.6 Å². The zero-order chi connectivity index (χ0) is 17.5. The van der Waals surface area contributed by atoms with E-state index in [2.05, 4.69) is 58.4 Å². The molecule has 1 aromatic carbocycles. The number of rotatable bonds is 8. The highest BCUT2D eigenvalue weighted by atomic mass is 16.1. The second-order valence-corrected chi connectivity index (χ2v) is 5.80. The summed E-state index contributed by atoms with van der Waals surface area (Å²) < 4.78 is 0. The molecule has 6 nitrogen and oxygen atoms in total. The predicted molar refractivity (Wildman–Crippen MR) is 99.3 cm³/mol. The number of nitrogens with zero attached hydrogens (tertiary/aromatic N) is 4. The Labute approximate surface area is 143 Å². The average Bonchev–Trinajstić information content (AvgIpc) is 2.59.